The maximum atomic E-state index is 12.5. The monoisotopic (exact) mass is 387 g/mol. The molecule has 1 heterocycles. The second kappa shape index (κ2) is 7.77. The zero-order valence-corrected chi connectivity index (χ0v) is 15.6. The first-order valence-electron chi connectivity index (χ1n) is 7.78. The number of aryl methyl sites for hydroxylation is 1. The molecule has 1 aromatic heterocycles. The van der Waals surface area contributed by atoms with Crippen molar-refractivity contribution in [3.63, 3.8) is 0 Å². The van der Waals surface area contributed by atoms with Crippen molar-refractivity contribution < 1.29 is 13.2 Å². The van der Waals surface area contributed by atoms with E-state index in [-0.39, 0.29) is 17.0 Å². The van der Waals surface area contributed by atoms with E-state index in [1.165, 1.54) is 29.5 Å². The summed E-state index contributed by atoms with van der Waals surface area (Å²) in [5.41, 5.74) is 1.07. The molecule has 0 saturated heterocycles. The van der Waals surface area contributed by atoms with Gasteiger partial charge in [-0.05, 0) is 23.8 Å². The summed E-state index contributed by atoms with van der Waals surface area (Å²) >= 11 is 1.33. The van der Waals surface area contributed by atoms with Crippen molar-refractivity contribution in [3.05, 3.63) is 82.1 Å². The zero-order valence-electron chi connectivity index (χ0n) is 14.0. The van der Waals surface area contributed by atoms with E-state index in [1.54, 1.807) is 23.9 Å². The van der Waals surface area contributed by atoms with Crippen molar-refractivity contribution in [1.29, 1.82) is 0 Å². The molecule has 134 valence electrons. The summed E-state index contributed by atoms with van der Waals surface area (Å²) in [6, 6.07) is 15.1. The second-order valence-electron chi connectivity index (χ2n) is 5.55. The van der Waals surface area contributed by atoms with Crippen LogP contribution in [0.1, 0.15) is 15.9 Å². The predicted octanol–water partition coefficient (Wildman–Crippen LogP) is 2.31. The largest absolute Gasteiger partial charge is 0.327 e. The number of sulfonamides is 1. The molecule has 0 aliphatic heterocycles. The average Bonchev–Trinajstić information content (AvgIpc) is 3.06. The van der Waals surface area contributed by atoms with Gasteiger partial charge in [-0.1, -0.05) is 36.4 Å². The van der Waals surface area contributed by atoms with Crippen LogP contribution in [-0.4, -0.2) is 18.9 Å². The smallest absolute Gasteiger partial charge is 0.279 e. The minimum atomic E-state index is -3.73. The van der Waals surface area contributed by atoms with Crippen LogP contribution in [0.5, 0.6) is 0 Å². The first-order chi connectivity index (χ1) is 12.5. The fourth-order valence-corrected chi connectivity index (χ4v) is 4.03. The number of amides is 1. The number of hydrogen-bond donors (Lipinski definition) is 1. The summed E-state index contributed by atoms with van der Waals surface area (Å²) < 4.78 is 29.3. The number of carbonyl (C=O) groups excluding carboxylic acids is 1. The van der Waals surface area contributed by atoms with Crippen LogP contribution in [0.4, 0.5) is 0 Å². The Kier molecular flexibility index (Phi) is 5.46. The van der Waals surface area contributed by atoms with Crippen molar-refractivity contribution >= 4 is 27.3 Å². The van der Waals surface area contributed by atoms with Crippen molar-refractivity contribution in [3.8, 4) is 0 Å². The molecule has 3 rings (SSSR count). The van der Waals surface area contributed by atoms with Gasteiger partial charge in [0.05, 0.1) is 4.90 Å². The number of hydrogen-bond acceptors (Lipinski definition) is 4. The van der Waals surface area contributed by atoms with Gasteiger partial charge in [-0.3, -0.25) is 4.79 Å². The number of nitrogens with zero attached hydrogens (tertiary/aromatic N) is 2. The van der Waals surface area contributed by atoms with Crippen LogP contribution >= 0.6 is 11.3 Å². The SMILES string of the molecule is Cn1ccsc1=NC(=O)c1cccc(S(=O)(=O)NCc2ccccc2)c1. The molecule has 6 nitrogen and oxygen atoms in total. The molecular formula is C18H17N3O3S2. The number of nitrogens with one attached hydrogen (secondary N) is 1. The van der Waals surface area contributed by atoms with Gasteiger partial charge in [0.15, 0.2) is 4.80 Å². The average molecular weight is 387 g/mol. The summed E-state index contributed by atoms with van der Waals surface area (Å²) in [6.45, 7) is 0.177. The second-order valence-corrected chi connectivity index (χ2v) is 8.19. The third-order valence-electron chi connectivity index (χ3n) is 3.66. The first-order valence-corrected chi connectivity index (χ1v) is 10.1. The van der Waals surface area contributed by atoms with E-state index < -0.39 is 15.9 Å². The van der Waals surface area contributed by atoms with Crippen molar-refractivity contribution in [2.24, 2.45) is 12.0 Å². The number of rotatable bonds is 5. The van der Waals surface area contributed by atoms with Crippen LogP contribution in [0, 0.1) is 0 Å². The van der Waals surface area contributed by atoms with Crippen LogP contribution in [0.25, 0.3) is 0 Å². The van der Waals surface area contributed by atoms with E-state index in [1.807, 2.05) is 35.7 Å². The third-order valence-corrected chi connectivity index (χ3v) is 5.90. The van der Waals surface area contributed by atoms with Crippen LogP contribution in [0.2, 0.25) is 0 Å². The lowest BCUT2D eigenvalue weighted by molar-refractivity contribution is 0.0997. The van der Waals surface area contributed by atoms with Crippen molar-refractivity contribution in [2.75, 3.05) is 0 Å². The highest BCUT2D eigenvalue weighted by Gasteiger charge is 2.16. The summed E-state index contributed by atoms with van der Waals surface area (Å²) in [4.78, 5) is 16.9. The molecule has 0 radical (unpaired) electrons. The van der Waals surface area contributed by atoms with E-state index in [4.69, 9.17) is 0 Å². The minimum Gasteiger partial charge on any atom is -0.327 e. The molecule has 1 amide bonds. The molecule has 0 fully saturated rings. The van der Waals surface area contributed by atoms with Gasteiger partial charge in [0.1, 0.15) is 0 Å². The molecule has 0 atom stereocenters. The number of carbonyl (C=O) groups is 1. The summed E-state index contributed by atoms with van der Waals surface area (Å²) in [7, 11) is -1.94. The molecule has 0 spiro atoms. The Bertz CT molecular complexity index is 1080. The van der Waals surface area contributed by atoms with E-state index in [0.29, 0.717) is 4.80 Å². The molecule has 0 aliphatic carbocycles. The summed E-state index contributed by atoms with van der Waals surface area (Å²) in [6.07, 6.45) is 1.80. The number of benzene rings is 2. The van der Waals surface area contributed by atoms with Crippen LogP contribution in [0.3, 0.4) is 0 Å². The van der Waals surface area contributed by atoms with Gasteiger partial charge in [0, 0.05) is 30.7 Å². The summed E-state index contributed by atoms with van der Waals surface area (Å²) in [5, 5.41) is 1.82. The van der Waals surface area contributed by atoms with Crippen molar-refractivity contribution in [1.82, 2.24) is 9.29 Å². The zero-order chi connectivity index (χ0) is 18.6. The highest BCUT2D eigenvalue weighted by Crippen LogP contribution is 2.13. The third kappa shape index (κ3) is 4.34. The molecule has 0 aliphatic rings. The lowest BCUT2D eigenvalue weighted by atomic mass is 10.2. The lowest BCUT2D eigenvalue weighted by Crippen LogP contribution is -2.23. The normalized spacial score (nSPS) is 12.3. The Morgan fingerprint density at radius 1 is 1.15 bits per heavy atom. The highest BCUT2D eigenvalue weighted by molar-refractivity contribution is 7.89. The Hall–Kier alpha value is -2.55. The first kappa shape index (κ1) is 18.2. The molecular weight excluding hydrogens is 370 g/mol. The fourth-order valence-electron chi connectivity index (χ4n) is 2.24. The molecule has 26 heavy (non-hydrogen) atoms. The predicted molar refractivity (Wildman–Crippen MR) is 100 cm³/mol. The molecule has 3 aromatic rings. The maximum Gasteiger partial charge on any atom is 0.279 e. The number of thiazole rings is 1. The van der Waals surface area contributed by atoms with E-state index in [9.17, 15) is 13.2 Å². The topological polar surface area (TPSA) is 80.5 Å². The Morgan fingerprint density at radius 3 is 2.62 bits per heavy atom. The molecule has 2 aromatic carbocycles. The van der Waals surface area contributed by atoms with E-state index in [0.717, 1.165) is 5.56 Å². The van der Waals surface area contributed by atoms with Gasteiger partial charge >= 0.3 is 0 Å². The minimum absolute atomic E-state index is 0.0324. The van der Waals surface area contributed by atoms with Crippen LogP contribution in [0.15, 0.2) is 76.1 Å². The van der Waals surface area contributed by atoms with E-state index in [2.05, 4.69) is 9.71 Å². The maximum absolute atomic E-state index is 12.5. The van der Waals surface area contributed by atoms with E-state index >= 15 is 0 Å². The van der Waals surface area contributed by atoms with Gasteiger partial charge < -0.3 is 4.57 Å². The lowest BCUT2D eigenvalue weighted by Gasteiger charge is -2.07. The Labute approximate surface area is 155 Å². The molecule has 8 heteroatoms. The molecule has 0 saturated carbocycles. The van der Waals surface area contributed by atoms with Gasteiger partial charge in [0.25, 0.3) is 5.91 Å². The fraction of sp³-hybridized carbons (Fsp3) is 0.111. The highest BCUT2D eigenvalue weighted by atomic mass is 32.2. The van der Waals surface area contributed by atoms with Gasteiger partial charge in [0.2, 0.25) is 10.0 Å². The number of aromatic nitrogens is 1. The molecule has 1 N–H and O–H groups in total. The van der Waals surface area contributed by atoms with Gasteiger partial charge in [-0.25, -0.2) is 13.1 Å². The summed E-state index contributed by atoms with van der Waals surface area (Å²) in [5.74, 6) is -0.483. The van der Waals surface area contributed by atoms with Gasteiger partial charge in [-0.15, -0.1) is 11.3 Å². The van der Waals surface area contributed by atoms with Gasteiger partial charge in [-0.2, -0.15) is 4.99 Å². The molecule has 0 bridgehead atoms. The molecule has 0 unspecified atom stereocenters. The standard InChI is InChI=1S/C18H17N3O3S2/c1-21-10-11-25-18(21)20-17(22)15-8-5-9-16(12-15)26(23,24)19-13-14-6-3-2-4-7-14/h2-12,19H,13H2,1H3. The van der Waals surface area contributed by atoms with Crippen LogP contribution < -0.4 is 9.52 Å². The Morgan fingerprint density at radius 2 is 1.92 bits per heavy atom. The quantitative estimate of drug-likeness (QED) is 0.729. The van der Waals surface area contributed by atoms with Crippen LogP contribution in [-0.2, 0) is 23.6 Å². The Balaban J connectivity index is 1.82. The van der Waals surface area contributed by atoms with Crippen molar-refractivity contribution in [2.45, 2.75) is 11.4 Å².